The summed E-state index contributed by atoms with van der Waals surface area (Å²) in [5.41, 5.74) is 1.12. The monoisotopic (exact) mass is 426 g/mol. The molecule has 0 unspecified atom stereocenters. The smallest absolute Gasteiger partial charge is 0.242 e. The van der Waals surface area contributed by atoms with Gasteiger partial charge in [0.05, 0.1) is 4.90 Å². The van der Waals surface area contributed by atoms with Gasteiger partial charge in [0.25, 0.3) is 0 Å². The van der Waals surface area contributed by atoms with E-state index in [0.717, 1.165) is 15.0 Å². The maximum atomic E-state index is 12.4. The number of aryl methyl sites for hydroxylation is 1. The van der Waals surface area contributed by atoms with Crippen LogP contribution in [0.5, 0.6) is 0 Å². The fourth-order valence-electron chi connectivity index (χ4n) is 2.33. The minimum atomic E-state index is -3.55. The van der Waals surface area contributed by atoms with Crippen LogP contribution in [0.25, 0.3) is 0 Å². The third-order valence-corrected chi connectivity index (χ3v) is 7.17. The molecule has 0 spiro atoms. The van der Waals surface area contributed by atoms with E-state index in [1.54, 1.807) is 30.8 Å². The van der Waals surface area contributed by atoms with E-state index in [4.69, 9.17) is 11.6 Å². The van der Waals surface area contributed by atoms with Crippen molar-refractivity contribution in [2.45, 2.75) is 29.6 Å². The van der Waals surface area contributed by atoms with Crippen molar-refractivity contribution in [2.75, 3.05) is 25.2 Å². The zero-order valence-electron chi connectivity index (χ0n) is 15.5. The molecule has 2 aromatic carbocycles. The van der Waals surface area contributed by atoms with E-state index in [1.165, 1.54) is 20.2 Å². The summed E-state index contributed by atoms with van der Waals surface area (Å²) in [5.74, 6) is 0.673. The number of rotatable bonds is 8. The third-order valence-electron chi connectivity index (χ3n) is 3.86. The van der Waals surface area contributed by atoms with Crippen molar-refractivity contribution in [3.63, 3.8) is 0 Å². The summed E-state index contributed by atoms with van der Waals surface area (Å²) in [7, 11) is -0.582. The Labute approximate surface area is 170 Å². The van der Waals surface area contributed by atoms with Crippen molar-refractivity contribution in [1.29, 1.82) is 0 Å². The molecule has 0 aliphatic rings. The molecule has 0 radical (unpaired) electrons. The minimum Gasteiger partial charge on any atom is -0.326 e. The maximum Gasteiger partial charge on any atom is 0.242 e. The average molecular weight is 427 g/mol. The maximum absolute atomic E-state index is 12.4. The van der Waals surface area contributed by atoms with E-state index in [1.807, 2.05) is 24.3 Å². The zero-order chi connectivity index (χ0) is 20.0. The number of sulfonamides is 1. The number of amides is 1. The molecule has 0 saturated carbocycles. The summed E-state index contributed by atoms with van der Waals surface area (Å²) in [6.45, 7) is 1.73. The van der Waals surface area contributed by atoms with Crippen LogP contribution in [0.1, 0.15) is 18.4 Å². The molecule has 146 valence electrons. The summed E-state index contributed by atoms with van der Waals surface area (Å²) >= 11 is 7.52. The van der Waals surface area contributed by atoms with Crippen LogP contribution in [-0.2, 0) is 14.8 Å². The molecule has 0 atom stereocenters. The Morgan fingerprint density at radius 1 is 1.15 bits per heavy atom. The second-order valence-electron chi connectivity index (χ2n) is 6.22. The van der Waals surface area contributed by atoms with E-state index in [2.05, 4.69) is 5.32 Å². The predicted molar refractivity (Wildman–Crippen MR) is 112 cm³/mol. The molecule has 8 heteroatoms. The molecule has 2 aromatic rings. The number of nitrogens with zero attached hydrogens (tertiary/aromatic N) is 1. The number of halogens is 1. The van der Waals surface area contributed by atoms with Gasteiger partial charge in [-0.25, -0.2) is 12.7 Å². The number of hydrogen-bond acceptors (Lipinski definition) is 4. The Morgan fingerprint density at radius 2 is 1.81 bits per heavy atom. The highest BCUT2D eigenvalue weighted by Gasteiger charge is 2.20. The highest BCUT2D eigenvalue weighted by Crippen LogP contribution is 2.23. The number of carbonyl (C=O) groups is 1. The molecule has 0 aliphatic heterocycles. The van der Waals surface area contributed by atoms with E-state index in [9.17, 15) is 13.2 Å². The molecule has 1 amide bonds. The lowest BCUT2D eigenvalue weighted by Crippen LogP contribution is -2.23. The van der Waals surface area contributed by atoms with Gasteiger partial charge in [-0.05, 0) is 61.1 Å². The van der Waals surface area contributed by atoms with Crippen LogP contribution in [0.2, 0.25) is 5.02 Å². The Balaban J connectivity index is 1.89. The number of hydrogen-bond donors (Lipinski definition) is 1. The predicted octanol–water partition coefficient (Wildman–Crippen LogP) is 4.41. The molecule has 0 aliphatic carbocycles. The highest BCUT2D eigenvalue weighted by molar-refractivity contribution is 7.99. The molecule has 0 heterocycles. The first-order valence-corrected chi connectivity index (χ1v) is 11.2. The van der Waals surface area contributed by atoms with Gasteiger partial charge in [-0.15, -0.1) is 11.8 Å². The molecule has 27 heavy (non-hydrogen) atoms. The highest BCUT2D eigenvalue weighted by atomic mass is 35.5. The summed E-state index contributed by atoms with van der Waals surface area (Å²) in [4.78, 5) is 13.5. The Morgan fingerprint density at radius 3 is 2.44 bits per heavy atom. The molecule has 0 saturated heterocycles. The lowest BCUT2D eigenvalue weighted by atomic mass is 10.2. The summed E-state index contributed by atoms with van der Waals surface area (Å²) in [6, 6.07) is 12.5. The van der Waals surface area contributed by atoms with Gasteiger partial charge in [-0.3, -0.25) is 4.79 Å². The molecule has 0 bridgehead atoms. The summed E-state index contributed by atoms with van der Waals surface area (Å²) < 4.78 is 25.9. The van der Waals surface area contributed by atoms with Gasteiger partial charge < -0.3 is 5.32 Å². The van der Waals surface area contributed by atoms with Gasteiger partial charge in [0, 0.05) is 36.1 Å². The minimum absolute atomic E-state index is 0.135. The first kappa shape index (κ1) is 21.8. The van der Waals surface area contributed by atoms with Crippen LogP contribution in [0.15, 0.2) is 52.3 Å². The van der Waals surface area contributed by atoms with Crippen LogP contribution >= 0.6 is 23.4 Å². The molecule has 0 aromatic heterocycles. The summed E-state index contributed by atoms with van der Waals surface area (Å²) in [5, 5.41) is 3.48. The third kappa shape index (κ3) is 6.24. The number of carbonyl (C=O) groups excluding carboxylic acids is 1. The topological polar surface area (TPSA) is 66.5 Å². The summed E-state index contributed by atoms with van der Waals surface area (Å²) in [6.07, 6.45) is 1.08. The fourth-order valence-corrected chi connectivity index (χ4v) is 4.45. The van der Waals surface area contributed by atoms with Crippen LogP contribution in [-0.4, -0.2) is 38.5 Å². The van der Waals surface area contributed by atoms with Gasteiger partial charge in [-0.1, -0.05) is 17.7 Å². The Hall–Kier alpha value is -1.54. The molecule has 1 N–H and O–H groups in total. The van der Waals surface area contributed by atoms with Gasteiger partial charge in [0.1, 0.15) is 0 Å². The van der Waals surface area contributed by atoms with Crippen molar-refractivity contribution in [1.82, 2.24) is 4.31 Å². The number of nitrogens with one attached hydrogen (secondary N) is 1. The van der Waals surface area contributed by atoms with Crippen molar-refractivity contribution < 1.29 is 13.2 Å². The molecular formula is C19H23ClN2O3S2. The van der Waals surface area contributed by atoms with Crippen molar-refractivity contribution in [2.24, 2.45) is 0 Å². The van der Waals surface area contributed by atoms with E-state index in [0.29, 0.717) is 29.1 Å². The van der Waals surface area contributed by atoms with Crippen molar-refractivity contribution in [3.05, 3.63) is 53.1 Å². The number of benzene rings is 2. The average Bonchev–Trinajstić information content (AvgIpc) is 2.61. The van der Waals surface area contributed by atoms with Crippen LogP contribution in [0.4, 0.5) is 5.69 Å². The lowest BCUT2D eigenvalue weighted by Gasteiger charge is -2.15. The largest absolute Gasteiger partial charge is 0.326 e. The molecule has 5 nitrogen and oxygen atoms in total. The van der Waals surface area contributed by atoms with Gasteiger partial charge >= 0.3 is 0 Å². The standard InChI is InChI=1S/C19H23ClN2O3S2/c1-14-6-9-16(13-18(14)27(24,25)22(2)3)21-19(23)5-4-12-26-17-10-7-15(20)8-11-17/h6-11,13H,4-5,12H2,1-3H3,(H,21,23). The van der Waals surface area contributed by atoms with Crippen LogP contribution in [0, 0.1) is 6.92 Å². The van der Waals surface area contributed by atoms with Crippen LogP contribution < -0.4 is 5.32 Å². The fraction of sp³-hybridized carbons (Fsp3) is 0.316. The second-order valence-corrected chi connectivity index (χ2v) is 9.95. The van der Waals surface area contributed by atoms with Crippen molar-refractivity contribution >= 4 is 45.0 Å². The van der Waals surface area contributed by atoms with Crippen molar-refractivity contribution in [3.8, 4) is 0 Å². The van der Waals surface area contributed by atoms with E-state index >= 15 is 0 Å². The number of thioether (sulfide) groups is 1. The van der Waals surface area contributed by atoms with Gasteiger partial charge in [-0.2, -0.15) is 0 Å². The quantitative estimate of drug-likeness (QED) is 0.501. The van der Waals surface area contributed by atoms with Gasteiger partial charge in [0.2, 0.25) is 15.9 Å². The van der Waals surface area contributed by atoms with Gasteiger partial charge in [0.15, 0.2) is 0 Å². The molecule has 2 rings (SSSR count). The van der Waals surface area contributed by atoms with Crippen LogP contribution in [0.3, 0.4) is 0 Å². The normalized spacial score (nSPS) is 11.6. The number of anilines is 1. The molecular weight excluding hydrogens is 404 g/mol. The van der Waals surface area contributed by atoms with E-state index in [-0.39, 0.29) is 10.8 Å². The zero-order valence-corrected chi connectivity index (χ0v) is 17.9. The first-order valence-electron chi connectivity index (χ1n) is 8.41. The van der Waals surface area contributed by atoms with E-state index < -0.39 is 10.0 Å². The Bertz CT molecular complexity index is 898. The Kier molecular flexibility index (Phi) is 7.73. The molecule has 0 fully saturated rings. The SMILES string of the molecule is Cc1ccc(NC(=O)CCCSc2ccc(Cl)cc2)cc1S(=O)(=O)N(C)C. The first-order chi connectivity index (χ1) is 12.7. The lowest BCUT2D eigenvalue weighted by molar-refractivity contribution is -0.116. The second kappa shape index (κ2) is 9.59.